The summed E-state index contributed by atoms with van der Waals surface area (Å²) in [5, 5.41) is 20.1. The van der Waals surface area contributed by atoms with Gasteiger partial charge in [-0.25, -0.2) is 8.42 Å². The molecule has 8 nitrogen and oxygen atoms in total. The average Bonchev–Trinajstić information content (AvgIpc) is 2.38. The minimum absolute atomic E-state index is 0.0201. The van der Waals surface area contributed by atoms with Crippen LogP contribution in [-0.2, 0) is 19.4 Å². The minimum atomic E-state index is -3.64. The molecule has 0 aliphatic heterocycles. The second kappa shape index (κ2) is 6.32. The molecule has 0 aliphatic rings. The first kappa shape index (κ1) is 16.6. The van der Waals surface area contributed by atoms with E-state index in [0.717, 1.165) is 24.5 Å². The molecule has 0 spiro atoms. The number of hydrogen-bond donors (Lipinski definition) is 0. The summed E-state index contributed by atoms with van der Waals surface area (Å²) in [5.41, 5.74) is -0.814. The third-order valence-corrected chi connectivity index (χ3v) is 3.70. The summed E-state index contributed by atoms with van der Waals surface area (Å²) in [6, 6.07) is 4.65. The standard InChI is InChI=1S/C12H12N2O6S/c1-3-20-12(15)10(7-13)9-5-4-8(21(2,18)19)6-11(9)14(16)17/h4-6,10H,3H2,1-2H3. The van der Waals surface area contributed by atoms with Gasteiger partial charge in [0.15, 0.2) is 15.8 Å². The highest BCUT2D eigenvalue weighted by molar-refractivity contribution is 7.90. The topological polar surface area (TPSA) is 127 Å². The fraction of sp³-hybridized carbons (Fsp3) is 0.333. The normalized spacial score (nSPS) is 12.2. The quantitative estimate of drug-likeness (QED) is 0.453. The van der Waals surface area contributed by atoms with E-state index < -0.39 is 32.3 Å². The zero-order valence-electron chi connectivity index (χ0n) is 11.3. The Kier molecular flexibility index (Phi) is 4.99. The zero-order chi connectivity index (χ0) is 16.2. The molecule has 9 heteroatoms. The van der Waals surface area contributed by atoms with Crippen LogP contribution < -0.4 is 0 Å². The molecule has 1 aromatic carbocycles. The van der Waals surface area contributed by atoms with Gasteiger partial charge in [0.2, 0.25) is 0 Å². The van der Waals surface area contributed by atoms with Crippen LogP contribution in [0.3, 0.4) is 0 Å². The van der Waals surface area contributed by atoms with Crippen LogP contribution in [-0.4, -0.2) is 32.2 Å². The van der Waals surface area contributed by atoms with Crippen LogP contribution >= 0.6 is 0 Å². The van der Waals surface area contributed by atoms with Crippen molar-refractivity contribution in [3.05, 3.63) is 33.9 Å². The SMILES string of the molecule is CCOC(=O)C(C#N)c1ccc(S(C)(=O)=O)cc1[N+](=O)[O-]. The average molecular weight is 312 g/mol. The predicted molar refractivity (Wildman–Crippen MR) is 71.2 cm³/mol. The van der Waals surface area contributed by atoms with Crippen molar-refractivity contribution in [2.75, 3.05) is 12.9 Å². The van der Waals surface area contributed by atoms with Gasteiger partial charge in [-0.15, -0.1) is 0 Å². The van der Waals surface area contributed by atoms with Crippen LogP contribution in [0.4, 0.5) is 5.69 Å². The molecule has 1 aromatic rings. The smallest absolute Gasteiger partial charge is 0.328 e. The van der Waals surface area contributed by atoms with Crippen LogP contribution in [0.2, 0.25) is 0 Å². The molecule has 0 N–H and O–H groups in total. The summed E-state index contributed by atoms with van der Waals surface area (Å²) in [5.74, 6) is -2.41. The van der Waals surface area contributed by atoms with E-state index >= 15 is 0 Å². The third-order valence-electron chi connectivity index (χ3n) is 2.59. The van der Waals surface area contributed by atoms with Crippen LogP contribution in [0.1, 0.15) is 18.4 Å². The first-order valence-electron chi connectivity index (χ1n) is 5.77. The Morgan fingerprint density at radius 3 is 2.57 bits per heavy atom. The maximum absolute atomic E-state index is 11.6. The predicted octanol–water partition coefficient (Wildman–Crippen LogP) is 1.17. The van der Waals surface area contributed by atoms with E-state index in [1.54, 1.807) is 6.07 Å². The van der Waals surface area contributed by atoms with Gasteiger partial charge >= 0.3 is 5.97 Å². The Morgan fingerprint density at radius 2 is 2.14 bits per heavy atom. The van der Waals surface area contributed by atoms with E-state index in [-0.39, 0.29) is 17.1 Å². The van der Waals surface area contributed by atoms with Gasteiger partial charge in [-0.1, -0.05) is 0 Å². The van der Waals surface area contributed by atoms with Crippen LogP contribution in [0.15, 0.2) is 23.1 Å². The largest absolute Gasteiger partial charge is 0.465 e. The number of rotatable bonds is 5. The lowest BCUT2D eigenvalue weighted by Crippen LogP contribution is -2.16. The summed E-state index contributed by atoms with van der Waals surface area (Å²) in [7, 11) is -3.64. The molecule has 0 fully saturated rings. The van der Waals surface area contributed by atoms with E-state index in [9.17, 15) is 23.3 Å². The molecular weight excluding hydrogens is 300 g/mol. The number of carbonyl (C=O) groups is 1. The summed E-state index contributed by atoms with van der Waals surface area (Å²) >= 11 is 0. The third kappa shape index (κ3) is 3.76. The Labute approximate surface area is 121 Å². The van der Waals surface area contributed by atoms with E-state index in [1.165, 1.54) is 6.92 Å². The molecule has 0 bridgehead atoms. The van der Waals surface area contributed by atoms with Crippen LogP contribution in [0, 0.1) is 21.4 Å². The number of nitro groups is 1. The van der Waals surface area contributed by atoms with Crippen molar-refractivity contribution in [2.45, 2.75) is 17.7 Å². The summed E-state index contributed by atoms with van der Waals surface area (Å²) < 4.78 is 27.5. The lowest BCUT2D eigenvalue weighted by molar-refractivity contribution is -0.385. The number of carbonyl (C=O) groups excluding carboxylic acids is 1. The number of nitrogens with zero attached hydrogens (tertiary/aromatic N) is 2. The van der Waals surface area contributed by atoms with Crippen molar-refractivity contribution in [1.82, 2.24) is 0 Å². The number of nitro benzene ring substituents is 1. The zero-order valence-corrected chi connectivity index (χ0v) is 12.1. The molecule has 0 aliphatic carbocycles. The first-order valence-corrected chi connectivity index (χ1v) is 7.66. The maximum atomic E-state index is 11.6. The molecule has 0 amide bonds. The highest BCUT2D eigenvalue weighted by Gasteiger charge is 2.30. The number of ether oxygens (including phenoxy) is 1. The van der Waals surface area contributed by atoms with E-state index in [2.05, 4.69) is 4.74 Å². The Hall–Kier alpha value is -2.47. The van der Waals surface area contributed by atoms with Gasteiger partial charge in [0.1, 0.15) is 0 Å². The van der Waals surface area contributed by atoms with Gasteiger partial charge in [-0.3, -0.25) is 14.9 Å². The Bertz CT molecular complexity index is 720. The summed E-state index contributed by atoms with van der Waals surface area (Å²) in [6.45, 7) is 1.56. The Morgan fingerprint density at radius 1 is 1.52 bits per heavy atom. The highest BCUT2D eigenvalue weighted by atomic mass is 32.2. The minimum Gasteiger partial charge on any atom is -0.465 e. The lowest BCUT2D eigenvalue weighted by atomic mass is 9.99. The van der Waals surface area contributed by atoms with Gasteiger partial charge < -0.3 is 4.74 Å². The fourth-order valence-corrected chi connectivity index (χ4v) is 2.27. The van der Waals surface area contributed by atoms with Gasteiger partial charge in [0.05, 0.1) is 28.1 Å². The van der Waals surface area contributed by atoms with E-state index in [4.69, 9.17) is 5.26 Å². The van der Waals surface area contributed by atoms with E-state index in [0.29, 0.717) is 0 Å². The molecule has 112 valence electrons. The molecule has 0 saturated carbocycles. The number of esters is 1. The monoisotopic (exact) mass is 312 g/mol. The first-order chi connectivity index (χ1) is 9.72. The molecule has 0 aromatic heterocycles. The van der Waals surface area contributed by atoms with Gasteiger partial charge in [0.25, 0.3) is 5.69 Å². The number of nitriles is 1. The molecule has 21 heavy (non-hydrogen) atoms. The van der Waals surface area contributed by atoms with Gasteiger partial charge in [-0.05, 0) is 19.1 Å². The molecule has 1 rings (SSSR count). The van der Waals surface area contributed by atoms with Gasteiger partial charge in [-0.2, -0.15) is 5.26 Å². The van der Waals surface area contributed by atoms with Crippen molar-refractivity contribution in [3.63, 3.8) is 0 Å². The number of hydrogen-bond acceptors (Lipinski definition) is 7. The summed E-state index contributed by atoms with van der Waals surface area (Å²) in [4.78, 5) is 21.6. The van der Waals surface area contributed by atoms with Crippen molar-refractivity contribution >= 4 is 21.5 Å². The highest BCUT2D eigenvalue weighted by Crippen LogP contribution is 2.30. The maximum Gasteiger partial charge on any atom is 0.328 e. The van der Waals surface area contributed by atoms with Gasteiger partial charge in [0, 0.05) is 12.3 Å². The number of sulfone groups is 1. The van der Waals surface area contributed by atoms with Crippen molar-refractivity contribution in [1.29, 1.82) is 5.26 Å². The van der Waals surface area contributed by atoms with E-state index in [1.807, 2.05) is 0 Å². The molecule has 0 saturated heterocycles. The molecule has 0 radical (unpaired) electrons. The number of benzene rings is 1. The second-order valence-electron chi connectivity index (χ2n) is 4.06. The molecular formula is C12H12N2O6S. The van der Waals surface area contributed by atoms with Crippen LogP contribution in [0.5, 0.6) is 0 Å². The van der Waals surface area contributed by atoms with Crippen LogP contribution in [0.25, 0.3) is 0 Å². The van der Waals surface area contributed by atoms with Crippen molar-refractivity contribution < 1.29 is 22.9 Å². The molecule has 1 atom stereocenters. The fourth-order valence-electron chi connectivity index (χ4n) is 1.63. The summed E-state index contributed by atoms with van der Waals surface area (Å²) in [6.07, 6.45) is 0.902. The molecule has 1 unspecified atom stereocenters. The Balaban J connectivity index is 3.46. The molecule has 0 heterocycles. The van der Waals surface area contributed by atoms with Crippen molar-refractivity contribution in [2.24, 2.45) is 0 Å². The second-order valence-corrected chi connectivity index (χ2v) is 6.08. The lowest BCUT2D eigenvalue weighted by Gasteiger charge is -2.10. The van der Waals surface area contributed by atoms with Crippen molar-refractivity contribution in [3.8, 4) is 6.07 Å².